The Morgan fingerprint density at radius 3 is 2.44 bits per heavy atom. The van der Waals surface area contributed by atoms with Crippen LogP contribution in [0.5, 0.6) is 0 Å². The number of urea groups is 1. The smallest absolute Gasteiger partial charge is 0.310 e. The van der Waals surface area contributed by atoms with E-state index in [0.717, 1.165) is 10.5 Å². The summed E-state index contributed by atoms with van der Waals surface area (Å²) in [6.45, 7) is 7.29. The van der Waals surface area contributed by atoms with Crippen molar-refractivity contribution in [2.24, 2.45) is 0 Å². The number of hydrogen-bond acceptors (Lipinski definition) is 6. The Morgan fingerprint density at radius 2 is 1.78 bits per heavy atom. The van der Waals surface area contributed by atoms with Gasteiger partial charge in [0.1, 0.15) is 11.4 Å². The van der Waals surface area contributed by atoms with E-state index in [1.807, 2.05) is 42.3 Å². The topological polar surface area (TPSA) is 85.8 Å². The van der Waals surface area contributed by atoms with E-state index in [9.17, 15) is 23.2 Å². The van der Waals surface area contributed by atoms with Gasteiger partial charge in [-0.15, -0.1) is 0 Å². The van der Waals surface area contributed by atoms with Gasteiger partial charge in [0.15, 0.2) is 0 Å². The highest BCUT2D eigenvalue weighted by Crippen LogP contribution is 2.38. The molecule has 0 bridgehead atoms. The van der Waals surface area contributed by atoms with Crippen LogP contribution in [0.3, 0.4) is 0 Å². The second kappa shape index (κ2) is 12.2. The lowest BCUT2D eigenvalue weighted by Crippen LogP contribution is -2.43. The minimum absolute atomic E-state index is 0.0901. The van der Waals surface area contributed by atoms with Crippen LogP contribution in [-0.4, -0.2) is 57.0 Å². The highest BCUT2D eigenvalue weighted by atomic mass is 32.2. The minimum Gasteiger partial charge on any atom is -0.310 e. The van der Waals surface area contributed by atoms with Gasteiger partial charge in [0, 0.05) is 24.2 Å². The molecule has 0 spiro atoms. The van der Waals surface area contributed by atoms with Crippen molar-refractivity contribution in [1.29, 1.82) is 0 Å². The maximum atomic E-state index is 13.6. The van der Waals surface area contributed by atoms with Gasteiger partial charge >= 0.3 is 11.3 Å². The normalized spacial score (nSPS) is 15.0. The maximum Gasteiger partial charge on any atom is 0.332 e. The van der Waals surface area contributed by atoms with Gasteiger partial charge in [-0.2, -0.15) is 8.78 Å². The van der Waals surface area contributed by atoms with Gasteiger partial charge in [-0.05, 0) is 86.3 Å². The number of hydrogen-bond donors (Lipinski definition) is 1. The maximum absolute atomic E-state index is 13.6. The summed E-state index contributed by atoms with van der Waals surface area (Å²) >= 11 is 0.321. The number of anilines is 2. The van der Waals surface area contributed by atoms with E-state index in [1.54, 1.807) is 26.0 Å². The van der Waals surface area contributed by atoms with Crippen molar-refractivity contribution in [3.05, 3.63) is 96.7 Å². The number of likely N-dealkylation sites (N-methyl/N-ethyl adjacent to an activating group) is 1. The van der Waals surface area contributed by atoms with E-state index in [4.69, 9.17) is 0 Å². The number of nitrogens with zero attached hydrogens (tertiary/aromatic N) is 4. The van der Waals surface area contributed by atoms with E-state index in [1.165, 1.54) is 35.4 Å². The molecular formula is C30H31F2N5O3S. The molecule has 3 aromatic rings. The van der Waals surface area contributed by atoms with Gasteiger partial charge < -0.3 is 10.2 Å². The second-order valence-electron chi connectivity index (χ2n) is 10.2. The number of pyridine rings is 1. The third-order valence-corrected chi connectivity index (χ3v) is 7.50. The lowest BCUT2D eigenvalue weighted by atomic mass is 10.0. The Kier molecular flexibility index (Phi) is 8.89. The van der Waals surface area contributed by atoms with E-state index < -0.39 is 22.7 Å². The molecule has 1 fully saturated rings. The molecule has 8 nitrogen and oxygen atoms in total. The predicted octanol–water partition coefficient (Wildman–Crippen LogP) is 5.77. The van der Waals surface area contributed by atoms with Crippen LogP contribution < -0.4 is 10.2 Å². The quantitative estimate of drug-likeness (QED) is 0.176. The number of carbonyl (C=O) groups is 3. The summed E-state index contributed by atoms with van der Waals surface area (Å²) in [5.41, 5.74) is 0.868. The Labute approximate surface area is 242 Å². The number of benzene rings is 2. The molecule has 0 saturated carbocycles. The van der Waals surface area contributed by atoms with Crippen LogP contribution in [0, 0.1) is 0 Å². The molecule has 2 heterocycles. The van der Waals surface area contributed by atoms with Crippen molar-refractivity contribution in [3.8, 4) is 0 Å². The molecule has 1 aromatic heterocycles. The molecule has 4 amide bonds. The van der Waals surface area contributed by atoms with Gasteiger partial charge in [0.25, 0.3) is 5.91 Å². The Hall–Kier alpha value is -4.09. The van der Waals surface area contributed by atoms with Crippen LogP contribution in [0.1, 0.15) is 25.0 Å². The van der Waals surface area contributed by atoms with Crippen molar-refractivity contribution in [2.45, 2.75) is 42.6 Å². The van der Waals surface area contributed by atoms with Gasteiger partial charge in [-0.25, -0.2) is 14.7 Å². The second-order valence-corrected chi connectivity index (χ2v) is 11.4. The zero-order valence-electron chi connectivity index (χ0n) is 23.0. The first-order chi connectivity index (χ1) is 19.4. The summed E-state index contributed by atoms with van der Waals surface area (Å²) in [4.78, 5) is 48.2. The number of rotatable bonds is 11. The van der Waals surface area contributed by atoms with Crippen LogP contribution in [0.2, 0.25) is 0 Å². The molecule has 2 aromatic carbocycles. The highest BCUT2D eigenvalue weighted by Gasteiger charge is 2.51. The molecule has 1 N–H and O–H groups in total. The van der Waals surface area contributed by atoms with Crippen LogP contribution in [0.15, 0.2) is 90.5 Å². The Bertz CT molecular complexity index is 1430. The van der Waals surface area contributed by atoms with E-state index in [0.29, 0.717) is 35.8 Å². The molecule has 1 aliphatic heterocycles. The zero-order chi connectivity index (χ0) is 29.8. The van der Waals surface area contributed by atoms with Crippen molar-refractivity contribution in [3.63, 3.8) is 0 Å². The van der Waals surface area contributed by atoms with Gasteiger partial charge in [0.05, 0.1) is 12.2 Å². The number of alkyl halides is 2. The van der Waals surface area contributed by atoms with Crippen molar-refractivity contribution >= 4 is 41.1 Å². The standard InChI is InChI=1S/C30H31F2N5O3S/c1-5-30(31,32)41-24-13-11-23(12-14-24)37-27(39)29(2,3)36(28(37)40)19-22-15-16-33-25(17-22)34-26(38)20-35(4)18-21-9-7-6-8-10-21/h5-17H,1,18-20H2,2-4H3,(H,33,34,38). The fourth-order valence-corrected chi connectivity index (χ4v) is 5.06. The molecule has 41 heavy (non-hydrogen) atoms. The fraction of sp³-hybridized carbons (Fsp3) is 0.267. The van der Waals surface area contributed by atoms with Gasteiger partial charge in [-0.3, -0.25) is 14.5 Å². The molecule has 0 atom stereocenters. The van der Waals surface area contributed by atoms with Gasteiger partial charge in [-0.1, -0.05) is 36.9 Å². The summed E-state index contributed by atoms with van der Waals surface area (Å²) in [7, 11) is 1.85. The number of nitrogens with one attached hydrogen (secondary N) is 1. The number of amides is 4. The lowest BCUT2D eigenvalue weighted by molar-refractivity contribution is -0.123. The van der Waals surface area contributed by atoms with E-state index in [2.05, 4.69) is 16.9 Å². The molecule has 1 saturated heterocycles. The first-order valence-corrected chi connectivity index (χ1v) is 13.6. The van der Waals surface area contributed by atoms with Gasteiger partial charge in [0.2, 0.25) is 5.91 Å². The molecule has 11 heteroatoms. The van der Waals surface area contributed by atoms with Crippen molar-refractivity contribution < 1.29 is 23.2 Å². The summed E-state index contributed by atoms with van der Waals surface area (Å²) in [6, 6.07) is 18.4. The molecule has 0 unspecified atom stereocenters. The first kappa shape index (κ1) is 29.9. The van der Waals surface area contributed by atoms with Crippen molar-refractivity contribution in [2.75, 3.05) is 23.8 Å². The number of halogens is 2. The summed E-state index contributed by atoms with van der Waals surface area (Å²) in [5.74, 6) is -0.347. The number of thioether (sulfide) groups is 1. The first-order valence-electron chi connectivity index (χ1n) is 12.8. The number of imide groups is 1. The summed E-state index contributed by atoms with van der Waals surface area (Å²) in [5, 5.41) is -0.348. The van der Waals surface area contributed by atoms with Crippen LogP contribution in [-0.2, 0) is 22.7 Å². The third-order valence-electron chi connectivity index (χ3n) is 6.55. The largest absolute Gasteiger partial charge is 0.332 e. The molecule has 214 valence electrons. The lowest BCUT2D eigenvalue weighted by Gasteiger charge is -2.27. The molecule has 0 radical (unpaired) electrons. The predicted molar refractivity (Wildman–Crippen MR) is 156 cm³/mol. The Balaban J connectivity index is 1.42. The zero-order valence-corrected chi connectivity index (χ0v) is 23.8. The average Bonchev–Trinajstić information content (AvgIpc) is 3.08. The monoisotopic (exact) mass is 579 g/mol. The van der Waals surface area contributed by atoms with E-state index in [-0.39, 0.29) is 29.6 Å². The third kappa shape index (κ3) is 7.17. The van der Waals surface area contributed by atoms with Crippen LogP contribution in [0.25, 0.3) is 0 Å². The van der Waals surface area contributed by atoms with Crippen LogP contribution >= 0.6 is 11.8 Å². The number of aromatic nitrogens is 1. The summed E-state index contributed by atoms with van der Waals surface area (Å²) in [6.07, 6.45) is 2.08. The Morgan fingerprint density at radius 1 is 1.10 bits per heavy atom. The minimum atomic E-state index is -3.14. The average molecular weight is 580 g/mol. The van der Waals surface area contributed by atoms with E-state index >= 15 is 0 Å². The van der Waals surface area contributed by atoms with Crippen LogP contribution in [0.4, 0.5) is 25.1 Å². The molecule has 1 aliphatic rings. The molecule has 0 aliphatic carbocycles. The van der Waals surface area contributed by atoms with Crippen molar-refractivity contribution in [1.82, 2.24) is 14.8 Å². The molecular weight excluding hydrogens is 548 g/mol. The highest BCUT2D eigenvalue weighted by molar-refractivity contribution is 8.00. The fourth-order valence-electron chi connectivity index (χ4n) is 4.39. The molecule has 4 rings (SSSR count). The summed E-state index contributed by atoms with van der Waals surface area (Å²) < 4.78 is 27.3. The number of carbonyl (C=O) groups excluding carboxylic acids is 3. The SMILES string of the molecule is C=CC(F)(F)Sc1ccc(N2C(=O)N(Cc3ccnc(NC(=O)CN(C)Cc4ccccc4)c3)C(C)(C)C2=O)cc1.